The monoisotopic (exact) mass is 412 g/mol. The van der Waals surface area contributed by atoms with Crippen molar-refractivity contribution in [3.05, 3.63) is 41.2 Å². The summed E-state index contributed by atoms with van der Waals surface area (Å²) < 4.78 is 20.0. The Bertz CT molecular complexity index is 860. The molecule has 5 heteroatoms. The fourth-order valence-corrected chi connectivity index (χ4v) is 6.48. The first-order valence-electron chi connectivity index (χ1n) is 11.6. The first-order valence-corrected chi connectivity index (χ1v) is 11.6. The summed E-state index contributed by atoms with van der Waals surface area (Å²) in [5.41, 5.74) is 4.08. The third-order valence-electron chi connectivity index (χ3n) is 8.20. The third kappa shape index (κ3) is 3.45. The van der Waals surface area contributed by atoms with Crippen LogP contribution in [0.2, 0.25) is 0 Å². The van der Waals surface area contributed by atoms with Gasteiger partial charge in [0.2, 0.25) is 0 Å². The first-order chi connectivity index (χ1) is 14.4. The van der Waals surface area contributed by atoms with E-state index in [-0.39, 0.29) is 29.2 Å². The predicted molar refractivity (Wildman–Crippen MR) is 116 cm³/mol. The topological polar surface area (TPSA) is 32.8 Å². The Morgan fingerprint density at radius 1 is 1.20 bits per heavy atom. The second-order valence-corrected chi connectivity index (χ2v) is 10.1. The molecule has 2 aliphatic carbocycles. The lowest BCUT2D eigenvalue weighted by Crippen LogP contribution is -2.49. The summed E-state index contributed by atoms with van der Waals surface area (Å²) in [5, 5.41) is 0. The van der Waals surface area contributed by atoms with E-state index in [9.17, 15) is 9.18 Å². The molecule has 1 aromatic rings. The molecule has 0 aromatic heterocycles. The number of nitrogens with zero attached hydrogens (tertiary/aromatic N) is 2. The van der Waals surface area contributed by atoms with Gasteiger partial charge in [-0.1, -0.05) is 30.2 Å². The van der Waals surface area contributed by atoms with E-state index in [1.54, 1.807) is 17.2 Å². The van der Waals surface area contributed by atoms with Crippen LogP contribution in [0.25, 0.3) is 0 Å². The van der Waals surface area contributed by atoms with Gasteiger partial charge >= 0.3 is 5.97 Å². The van der Waals surface area contributed by atoms with E-state index in [0.717, 1.165) is 45.6 Å². The molecule has 1 aromatic carbocycles. The van der Waals surface area contributed by atoms with E-state index >= 15 is 0 Å². The van der Waals surface area contributed by atoms with Crippen LogP contribution in [0.15, 0.2) is 35.4 Å². The maximum Gasteiger partial charge on any atom is 0.310 e. The van der Waals surface area contributed by atoms with Crippen LogP contribution in [0, 0.1) is 23.1 Å². The minimum Gasteiger partial charge on any atom is -0.462 e. The van der Waals surface area contributed by atoms with Gasteiger partial charge in [-0.05, 0) is 56.6 Å². The quantitative estimate of drug-likeness (QED) is 0.544. The lowest BCUT2D eigenvalue weighted by Gasteiger charge is -2.46. The maximum atomic E-state index is 14.1. The van der Waals surface area contributed by atoms with Gasteiger partial charge in [0.05, 0.1) is 11.6 Å². The van der Waals surface area contributed by atoms with E-state index in [1.165, 1.54) is 25.3 Å². The fraction of sp³-hybridized carbons (Fsp3) is 0.640. The standard InChI is InChI=1S/C25H33FN2O2/c1-17-6-5-9-25(2)15-23-18(14-20(17)25)19(24(29)30-23)16-27-10-12-28(13-11-27)22-8-4-3-7-21(22)26/h3-4,7-8,18-19,23H,5-6,9-16H2,1-2H3/t18-,19+,23+,25+/m0/s1. The van der Waals surface area contributed by atoms with Crippen LogP contribution in [0.4, 0.5) is 10.1 Å². The van der Waals surface area contributed by atoms with Gasteiger partial charge in [-0.3, -0.25) is 9.69 Å². The summed E-state index contributed by atoms with van der Waals surface area (Å²) in [4.78, 5) is 17.3. The van der Waals surface area contributed by atoms with Crippen molar-refractivity contribution in [2.75, 3.05) is 37.6 Å². The number of hydrogen-bond donors (Lipinski definition) is 0. The molecule has 2 heterocycles. The molecule has 2 saturated heterocycles. The molecule has 0 unspecified atom stereocenters. The van der Waals surface area contributed by atoms with Crippen LogP contribution in [0.5, 0.6) is 0 Å². The summed E-state index contributed by atoms with van der Waals surface area (Å²) >= 11 is 0. The Morgan fingerprint density at radius 3 is 2.73 bits per heavy atom. The van der Waals surface area contributed by atoms with E-state index < -0.39 is 0 Å². The van der Waals surface area contributed by atoms with Crippen LogP contribution < -0.4 is 4.90 Å². The van der Waals surface area contributed by atoms with Gasteiger partial charge in [0.1, 0.15) is 11.9 Å². The molecule has 1 saturated carbocycles. The Hall–Kier alpha value is -1.88. The Balaban J connectivity index is 1.25. The Labute approximate surface area is 179 Å². The highest BCUT2D eigenvalue weighted by Crippen LogP contribution is 2.55. The highest BCUT2D eigenvalue weighted by molar-refractivity contribution is 5.76. The van der Waals surface area contributed by atoms with E-state index in [1.807, 2.05) is 12.1 Å². The van der Waals surface area contributed by atoms with Gasteiger partial charge in [-0.25, -0.2) is 4.39 Å². The number of hydrogen-bond acceptors (Lipinski definition) is 4. The van der Waals surface area contributed by atoms with Crippen molar-refractivity contribution in [3.63, 3.8) is 0 Å². The van der Waals surface area contributed by atoms with Gasteiger partial charge < -0.3 is 9.64 Å². The summed E-state index contributed by atoms with van der Waals surface area (Å²) in [7, 11) is 0. The predicted octanol–water partition coefficient (Wildman–Crippen LogP) is 4.41. The van der Waals surface area contributed by atoms with Crippen molar-refractivity contribution in [2.45, 2.75) is 52.1 Å². The fourth-order valence-electron chi connectivity index (χ4n) is 6.48. The molecule has 4 nitrogen and oxygen atoms in total. The molecule has 0 radical (unpaired) electrons. The highest BCUT2D eigenvalue weighted by atomic mass is 19.1. The lowest BCUT2D eigenvalue weighted by atomic mass is 9.59. The molecule has 0 amide bonds. The van der Waals surface area contributed by atoms with Crippen LogP contribution >= 0.6 is 0 Å². The SMILES string of the molecule is CC1=C2C[C@@H]3[C@@H](C[C@@]2(C)CCC1)OC(=O)[C@@H]3CN1CCN(c2ccccc2F)CC1. The molecule has 3 fully saturated rings. The van der Waals surface area contributed by atoms with Crippen LogP contribution in [0.3, 0.4) is 0 Å². The Kier molecular flexibility index (Phi) is 5.12. The van der Waals surface area contributed by atoms with E-state index in [4.69, 9.17) is 4.74 Å². The van der Waals surface area contributed by atoms with Crippen molar-refractivity contribution >= 4 is 11.7 Å². The summed E-state index contributed by atoms with van der Waals surface area (Å²) in [6, 6.07) is 6.99. The largest absolute Gasteiger partial charge is 0.462 e. The van der Waals surface area contributed by atoms with Crippen molar-refractivity contribution < 1.29 is 13.9 Å². The number of para-hydroxylation sites is 1. The number of anilines is 1. The molecule has 0 spiro atoms. The molecule has 30 heavy (non-hydrogen) atoms. The molecular formula is C25H33FN2O2. The molecule has 0 bridgehead atoms. The van der Waals surface area contributed by atoms with Crippen molar-refractivity contribution in [1.29, 1.82) is 0 Å². The normalized spacial score (nSPS) is 34.6. The number of fused-ring (bicyclic) bond motifs is 2. The van der Waals surface area contributed by atoms with Crippen molar-refractivity contribution in [2.24, 2.45) is 17.3 Å². The molecule has 2 aliphatic heterocycles. The average molecular weight is 413 g/mol. The molecule has 4 atom stereocenters. The smallest absolute Gasteiger partial charge is 0.310 e. The number of rotatable bonds is 3. The average Bonchev–Trinajstić information content (AvgIpc) is 3.01. The number of benzene rings is 1. The van der Waals surface area contributed by atoms with Gasteiger partial charge in [0.15, 0.2) is 0 Å². The first kappa shape index (κ1) is 20.0. The maximum absolute atomic E-state index is 14.1. The highest BCUT2D eigenvalue weighted by Gasteiger charge is 2.53. The van der Waals surface area contributed by atoms with Crippen LogP contribution in [-0.2, 0) is 9.53 Å². The number of carbonyl (C=O) groups is 1. The lowest BCUT2D eigenvalue weighted by molar-refractivity contribution is -0.145. The third-order valence-corrected chi connectivity index (χ3v) is 8.20. The number of allylic oxidation sites excluding steroid dienone is 2. The number of esters is 1. The van der Waals surface area contributed by atoms with Crippen molar-refractivity contribution in [3.8, 4) is 0 Å². The number of carbonyl (C=O) groups excluding carboxylic acids is 1. The summed E-state index contributed by atoms with van der Waals surface area (Å²) in [5.74, 6) is 0.136. The van der Waals surface area contributed by atoms with Crippen molar-refractivity contribution in [1.82, 2.24) is 4.90 Å². The van der Waals surface area contributed by atoms with Gasteiger partial charge in [-0.2, -0.15) is 0 Å². The van der Waals surface area contributed by atoms with E-state index in [2.05, 4.69) is 23.6 Å². The minimum atomic E-state index is -0.158. The van der Waals surface area contributed by atoms with Gasteiger partial charge in [0, 0.05) is 38.6 Å². The zero-order chi connectivity index (χ0) is 20.9. The molecular weight excluding hydrogens is 379 g/mol. The molecule has 5 rings (SSSR count). The zero-order valence-corrected chi connectivity index (χ0v) is 18.2. The molecule has 162 valence electrons. The number of halogens is 1. The minimum absolute atomic E-state index is 0.00188. The zero-order valence-electron chi connectivity index (χ0n) is 18.2. The van der Waals surface area contributed by atoms with E-state index in [0.29, 0.717) is 11.6 Å². The molecule has 0 N–H and O–H groups in total. The van der Waals surface area contributed by atoms with Gasteiger partial charge in [0.25, 0.3) is 0 Å². The number of piperazine rings is 1. The van der Waals surface area contributed by atoms with Crippen LogP contribution in [-0.4, -0.2) is 49.7 Å². The number of ether oxygens (including phenoxy) is 1. The second-order valence-electron chi connectivity index (χ2n) is 10.1. The van der Waals surface area contributed by atoms with Gasteiger partial charge in [-0.15, -0.1) is 0 Å². The second kappa shape index (κ2) is 7.67. The van der Waals surface area contributed by atoms with Crippen LogP contribution in [0.1, 0.15) is 46.0 Å². The summed E-state index contributed by atoms with van der Waals surface area (Å²) in [6.07, 6.45) is 5.80. The molecule has 4 aliphatic rings. The Morgan fingerprint density at radius 2 is 1.97 bits per heavy atom. The summed E-state index contributed by atoms with van der Waals surface area (Å²) in [6.45, 7) is 8.74.